The highest BCUT2D eigenvalue weighted by Crippen LogP contribution is 2.31. The highest BCUT2D eigenvalue weighted by Gasteiger charge is 2.29. The summed E-state index contributed by atoms with van der Waals surface area (Å²) < 4.78 is 15.8. The number of benzene rings is 1. The fourth-order valence-corrected chi connectivity index (χ4v) is 3.10. The zero-order chi connectivity index (χ0) is 17.9. The molecule has 0 bridgehead atoms. The Labute approximate surface area is 158 Å². The second kappa shape index (κ2) is 8.65. The van der Waals surface area contributed by atoms with Gasteiger partial charge in [0.1, 0.15) is 11.9 Å². The number of aryl methyl sites for hydroxylation is 1. The fourth-order valence-electron chi connectivity index (χ4n) is 2.68. The molecule has 2 rings (SSSR count). The summed E-state index contributed by atoms with van der Waals surface area (Å²) in [6, 6.07) is 4.06. The van der Waals surface area contributed by atoms with Crippen molar-refractivity contribution in [2.24, 2.45) is 7.05 Å². The Kier molecular flexibility index (Phi) is 7.41. The van der Waals surface area contributed by atoms with E-state index in [2.05, 4.69) is 15.7 Å². The summed E-state index contributed by atoms with van der Waals surface area (Å²) in [6.45, 7) is 3.94. The van der Waals surface area contributed by atoms with Gasteiger partial charge in [-0.2, -0.15) is 5.10 Å². The molecule has 1 atom stereocenters. The monoisotopic (exact) mass is 388 g/mol. The van der Waals surface area contributed by atoms with Gasteiger partial charge in [0.25, 0.3) is 0 Å². The Balaban J connectivity index is 0.00000312. The van der Waals surface area contributed by atoms with E-state index in [0.717, 1.165) is 5.56 Å². The minimum atomic E-state index is -0.648. The fraction of sp³-hybridized carbons (Fsp3) is 0.412. The Morgan fingerprint density at radius 2 is 2.12 bits per heavy atom. The van der Waals surface area contributed by atoms with Crippen LogP contribution in [0.25, 0.3) is 0 Å². The van der Waals surface area contributed by atoms with Crippen LogP contribution in [0.5, 0.6) is 0 Å². The van der Waals surface area contributed by atoms with Crippen molar-refractivity contribution in [2.45, 2.75) is 25.3 Å². The zero-order valence-corrected chi connectivity index (χ0v) is 16.2. The van der Waals surface area contributed by atoms with Crippen molar-refractivity contribution in [2.75, 3.05) is 13.6 Å². The number of nitrogens with one attached hydrogen (secondary N) is 2. The van der Waals surface area contributed by atoms with Gasteiger partial charge >= 0.3 is 0 Å². The third kappa shape index (κ3) is 4.93. The molecule has 2 aromatic rings. The van der Waals surface area contributed by atoms with Gasteiger partial charge in [-0.1, -0.05) is 31.5 Å². The second-order valence-corrected chi connectivity index (χ2v) is 6.77. The summed E-state index contributed by atoms with van der Waals surface area (Å²) in [5.74, 6) is -0.579. The maximum Gasteiger partial charge on any atom is 0.241 e. The molecule has 8 heteroatoms. The predicted octanol–water partition coefficient (Wildman–Crippen LogP) is 2.99. The van der Waals surface area contributed by atoms with Gasteiger partial charge < -0.3 is 10.6 Å². The average molecular weight is 389 g/mol. The molecule has 0 aliphatic carbocycles. The SMILES string of the molecule is CNC(C(=O)NCC(C)(C)c1c(F)cccc1Cl)c1cnn(C)c1.Cl. The summed E-state index contributed by atoms with van der Waals surface area (Å²) in [4.78, 5) is 12.5. The number of carbonyl (C=O) groups excluding carboxylic acids is 1. The number of nitrogens with zero attached hydrogens (tertiary/aromatic N) is 2. The maximum absolute atomic E-state index is 14.1. The van der Waals surface area contributed by atoms with Gasteiger partial charge in [-0.05, 0) is 19.2 Å². The van der Waals surface area contributed by atoms with Crippen LogP contribution in [-0.4, -0.2) is 29.3 Å². The molecule has 0 aliphatic rings. The van der Waals surface area contributed by atoms with E-state index >= 15 is 0 Å². The van der Waals surface area contributed by atoms with Crippen LogP contribution in [0.4, 0.5) is 4.39 Å². The lowest BCUT2D eigenvalue weighted by atomic mass is 9.84. The number of hydrogen-bond donors (Lipinski definition) is 2. The van der Waals surface area contributed by atoms with Gasteiger partial charge in [0.2, 0.25) is 5.91 Å². The Bertz CT molecular complexity index is 713. The second-order valence-electron chi connectivity index (χ2n) is 6.37. The third-order valence-electron chi connectivity index (χ3n) is 3.95. The first kappa shape index (κ1) is 21.4. The van der Waals surface area contributed by atoms with E-state index < -0.39 is 11.5 Å². The van der Waals surface area contributed by atoms with Crippen LogP contribution in [-0.2, 0) is 17.3 Å². The largest absolute Gasteiger partial charge is 0.354 e. The maximum atomic E-state index is 14.1. The van der Waals surface area contributed by atoms with E-state index in [1.165, 1.54) is 6.07 Å². The Morgan fingerprint density at radius 3 is 2.64 bits per heavy atom. The summed E-state index contributed by atoms with van der Waals surface area (Å²) >= 11 is 6.14. The number of hydrogen-bond acceptors (Lipinski definition) is 3. The topological polar surface area (TPSA) is 59.0 Å². The van der Waals surface area contributed by atoms with Crippen molar-refractivity contribution in [3.05, 3.63) is 52.6 Å². The quantitative estimate of drug-likeness (QED) is 0.799. The van der Waals surface area contributed by atoms with Crippen molar-refractivity contribution in [3.63, 3.8) is 0 Å². The van der Waals surface area contributed by atoms with Gasteiger partial charge in [-0.3, -0.25) is 9.48 Å². The minimum absolute atomic E-state index is 0. The molecule has 1 heterocycles. The molecule has 0 saturated heterocycles. The molecule has 0 spiro atoms. The van der Waals surface area contributed by atoms with Crippen molar-refractivity contribution in [1.82, 2.24) is 20.4 Å². The lowest BCUT2D eigenvalue weighted by Gasteiger charge is -2.28. The van der Waals surface area contributed by atoms with Crippen molar-refractivity contribution in [3.8, 4) is 0 Å². The highest BCUT2D eigenvalue weighted by molar-refractivity contribution is 6.31. The number of aromatic nitrogens is 2. The van der Waals surface area contributed by atoms with E-state index in [1.54, 1.807) is 43.3 Å². The molecular weight excluding hydrogens is 366 g/mol. The average Bonchev–Trinajstić information content (AvgIpc) is 2.92. The first-order chi connectivity index (χ1) is 11.3. The molecule has 2 N–H and O–H groups in total. The Morgan fingerprint density at radius 1 is 1.44 bits per heavy atom. The summed E-state index contributed by atoms with van der Waals surface area (Å²) in [5, 5.41) is 10.3. The molecule has 1 unspecified atom stereocenters. The minimum Gasteiger partial charge on any atom is -0.354 e. The molecule has 0 aliphatic heterocycles. The summed E-state index contributed by atoms with van der Waals surface area (Å²) in [7, 11) is 3.49. The number of likely N-dealkylation sites (N-methyl/N-ethyl adjacent to an activating group) is 1. The molecule has 1 aromatic carbocycles. The number of carbonyl (C=O) groups is 1. The van der Waals surface area contributed by atoms with Gasteiger partial charge in [0, 0.05) is 41.4 Å². The first-order valence-electron chi connectivity index (χ1n) is 7.64. The highest BCUT2D eigenvalue weighted by atomic mass is 35.5. The molecule has 1 aromatic heterocycles. The zero-order valence-electron chi connectivity index (χ0n) is 14.6. The van der Waals surface area contributed by atoms with Gasteiger partial charge in [-0.25, -0.2) is 4.39 Å². The number of halogens is 3. The van der Waals surface area contributed by atoms with E-state index in [9.17, 15) is 9.18 Å². The van der Waals surface area contributed by atoms with E-state index in [-0.39, 0.29) is 30.7 Å². The van der Waals surface area contributed by atoms with Crippen molar-refractivity contribution >= 4 is 29.9 Å². The van der Waals surface area contributed by atoms with Crippen LogP contribution >= 0.6 is 24.0 Å². The summed E-state index contributed by atoms with van der Waals surface area (Å²) in [5.41, 5.74) is 0.513. The van der Waals surface area contributed by atoms with Gasteiger partial charge in [0.05, 0.1) is 6.20 Å². The predicted molar refractivity (Wildman–Crippen MR) is 99.7 cm³/mol. The van der Waals surface area contributed by atoms with Crippen LogP contribution in [0, 0.1) is 5.82 Å². The first-order valence-corrected chi connectivity index (χ1v) is 8.02. The van der Waals surface area contributed by atoms with Crippen LogP contribution in [0.1, 0.15) is 31.0 Å². The standard InChI is InChI=1S/C17H22ClFN4O.ClH/c1-17(2,14-12(18)6-5-7-13(14)19)10-21-16(24)15(20-3)11-8-22-23(4)9-11;/h5-9,15,20H,10H2,1-4H3,(H,21,24);1H. The van der Waals surface area contributed by atoms with Crippen molar-refractivity contribution in [1.29, 1.82) is 0 Å². The van der Waals surface area contributed by atoms with Crippen LogP contribution in [0.2, 0.25) is 5.02 Å². The molecule has 0 saturated carbocycles. The lowest BCUT2D eigenvalue weighted by Crippen LogP contribution is -2.42. The smallest absolute Gasteiger partial charge is 0.241 e. The lowest BCUT2D eigenvalue weighted by molar-refractivity contribution is -0.123. The number of rotatable bonds is 6. The summed E-state index contributed by atoms with van der Waals surface area (Å²) in [6.07, 6.45) is 3.42. The molecule has 0 fully saturated rings. The third-order valence-corrected chi connectivity index (χ3v) is 4.27. The molecule has 5 nitrogen and oxygen atoms in total. The Hall–Kier alpha value is -1.63. The molecule has 0 radical (unpaired) electrons. The van der Waals surface area contributed by atoms with E-state index in [4.69, 9.17) is 11.6 Å². The van der Waals surface area contributed by atoms with Gasteiger partial charge in [-0.15, -0.1) is 12.4 Å². The molecular formula is C17H23Cl2FN4O. The van der Waals surface area contributed by atoms with Crippen molar-refractivity contribution < 1.29 is 9.18 Å². The van der Waals surface area contributed by atoms with Crippen LogP contribution in [0.15, 0.2) is 30.6 Å². The number of amides is 1. The van der Waals surface area contributed by atoms with E-state index in [0.29, 0.717) is 10.6 Å². The molecule has 1 amide bonds. The molecule has 138 valence electrons. The van der Waals surface area contributed by atoms with Crippen LogP contribution < -0.4 is 10.6 Å². The van der Waals surface area contributed by atoms with Gasteiger partial charge in [0.15, 0.2) is 0 Å². The normalized spacial score (nSPS) is 12.4. The molecule has 25 heavy (non-hydrogen) atoms. The van der Waals surface area contributed by atoms with Crippen LogP contribution in [0.3, 0.4) is 0 Å². The van der Waals surface area contributed by atoms with E-state index in [1.807, 2.05) is 13.8 Å².